The van der Waals surface area contributed by atoms with E-state index in [-0.39, 0.29) is 0 Å². The summed E-state index contributed by atoms with van der Waals surface area (Å²) in [5.74, 6) is 3.05. The van der Waals surface area contributed by atoms with Crippen LogP contribution in [0.2, 0.25) is 0 Å². The second kappa shape index (κ2) is 11.4. The van der Waals surface area contributed by atoms with Gasteiger partial charge in [-0.05, 0) is 54.9 Å². The second-order valence-corrected chi connectivity index (χ2v) is 9.13. The molecular formula is C24H29NS2. The summed E-state index contributed by atoms with van der Waals surface area (Å²) in [4.78, 5) is 4.91. The summed E-state index contributed by atoms with van der Waals surface area (Å²) in [6, 6.07) is 19.1. The highest BCUT2D eigenvalue weighted by molar-refractivity contribution is 8.14. The molecule has 142 valence electrons. The van der Waals surface area contributed by atoms with Crippen molar-refractivity contribution >= 4 is 34.3 Å². The normalized spacial score (nSPS) is 16.1. The van der Waals surface area contributed by atoms with Gasteiger partial charge in [0.15, 0.2) is 0 Å². The molecule has 3 heteroatoms. The third-order valence-corrected chi connectivity index (χ3v) is 6.85. The molecule has 0 atom stereocenters. The number of aliphatic imine (C=N–C) groups is 1. The van der Waals surface area contributed by atoms with E-state index >= 15 is 0 Å². The lowest BCUT2D eigenvalue weighted by molar-refractivity contribution is 0.391. The van der Waals surface area contributed by atoms with E-state index in [2.05, 4.69) is 73.0 Å². The van der Waals surface area contributed by atoms with E-state index in [1.165, 1.54) is 49.0 Å². The summed E-state index contributed by atoms with van der Waals surface area (Å²) >= 11 is 3.76. The highest BCUT2D eigenvalue weighted by Crippen LogP contribution is 2.28. The van der Waals surface area contributed by atoms with E-state index in [1.807, 2.05) is 23.5 Å². The van der Waals surface area contributed by atoms with Crippen molar-refractivity contribution in [3.05, 3.63) is 77.2 Å². The van der Waals surface area contributed by atoms with Crippen LogP contribution in [0.5, 0.6) is 0 Å². The molecule has 27 heavy (non-hydrogen) atoms. The molecule has 0 spiro atoms. The summed E-state index contributed by atoms with van der Waals surface area (Å²) in [6.07, 6.45) is 9.19. The van der Waals surface area contributed by atoms with Gasteiger partial charge in [-0.15, -0.1) is 23.5 Å². The predicted molar refractivity (Wildman–Crippen MR) is 124 cm³/mol. The van der Waals surface area contributed by atoms with E-state index in [9.17, 15) is 0 Å². The predicted octanol–water partition coefficient (Wildman–Crippen LogP) is 7.79. The molecule has 0 bridgehead atoms. The Morgan fingerprint density at radius 2 is 1.74 bits per heavy atom. The summed E-state index contributed by atoms with van der Waals surface area (Å²) in [5.41, 5.74) is 3.68. The minimum Gasteiger partial charge on any atom is -0.242 e. The van der Waals surface area contributed by atoms with Crippen molar-refractivity contribution in [3.63, 3.8) is 0 Å². The zero-order chi connectivity index (χ0) is 18.7. The summed E-state index contributed by atoms with van der Waals surface area (Å²) < 4.78 is 0. The maximum atomic E-state index is 4.91. The lowest BCUT2D eigenvalue weighted by Crippen LogP contribution is -2.09. The lowest BCUT2D eigenvalue weighted by atomic mass is 9.91. The van der Waals surface area contributed by atoms with Gasteiger partial charge in [0.2, 0.25) is 0 Å². The molecular weight excluding hydrogens is 366 g/mol. The average molecular weight is 396 g/mol. The fraction of sp³-hybridized carbons (Fsp3) is 0.375. The Balaban J connectivity index is 1.60. The molecule has 1 saturated carbocycles. The number of hydrogen-bond acceptors (Lipinski definition) is 3. The maximum Gasteiger partial charge on any atom is 0.0972 e. The third kappa shape index (κ3) is 7.59. The number of aryl methyl sites for hydroxylation is 1. The first-order chi connectivity index (χ1) is 13.3. The summed E-state index contributed by atoms with van der Waals surface area (Å²) in [5, 5.41) is 3.33. The first-order valence-corrected chi connectivity index (χ1v) is 11.9. The number of benzene rings is 2. The molecule has 0 amide bonds. The Kier molecular flexibility index (Phi) is 8.57. The van der Waals surface area contributed by atoms with Crippen molar-refractivity contribution in [1.82, 2.24) is 0 Å². The van der Waals surface area contributed by atoms with E-state index in [4.69, 9.17) is 4.99 Å². The maximum absolute atomic E-state index is 4.91. The molecule has 0 N–H and O–H groups in total. The first kappa shape index (κ1) is 20.3. The van der Waals surface area contributed by atoms with Crippen molar-refractivity contribution < 1.29 is 0 Å². The molecule has 0 radical (unpaired) electrons. The summed E-state index contributed by atoms with van der Waals surface area (Å²) in [6.45, 7) is 2.12. The fourth-order valence-corrected chi connectivity index (χ4v) is 5.11. The van der Waals surface area contributed by atoms with Crippen LogP contribution >= 0.6 is 23.5 Å². The molecule has 0 heterocycles. The van der Waals surface area contributed by atoms with Gasteiger partial charge >= 0.3 is 0 Å². The van der Waals surface area contributed by atoms with Crippen LogP contribution in [-0.4, -0.2) is 10.8 Å². The summed E-state index contributed by atoms with van der Waals surface area (Å²) in [7, 11) is 0. The van der Waals surface area contributed by atoms with Crippen LogP contribution in [0, 0.1) is 12.8 Å². The van der Waals surface area contributed by atoms with Crippen molar-refractivity contribution in [1.29, 1.82) is 0 Å². The lowest BCUT2D eigenvalue weighted by Gasteiger charge is -2.20. The van der Waals surface area contributed by atoms with Gasteiger partial charge in [0.1, 0.15) is 0 Å². The van der Waals surface area contributed by atoms with Gasteiger partial charge in [-0.1, -0.05) is 67.3 Å². The van der Waals surface area contributed by atoms with Gasteiger partial charge in [-0.2, -0.15) is 0 Å². The van der Waals surface area contributed by atoms with Gasteiger partial charge in [-0.3, -0.25) is 0 Å². The Hall–Kier alpha value is -1.45. The Morgan fingerprint density at radius 1 is 1.00 bits per heavy atom. The molecule has 0 unspecified atom stereocenters. The van der Waals surface area contributed by atoms with Crippen LogP contribution in [0.1, 0.15) is 43.2 Å². The number of rotatable bonds is 7. The smallest absolute Gasteiger partial charge is 0.0972 e. The third-order valence-electron chi connectivity index (χ3n) is 4.86. The van der Waals surface area contributed by atoms with E-state index in [1.54, 1.807) is 0 Å². The largest absolute Gasteiger partial charge is 0.242 e. The molecule has 0 aliphatic heterocycles. The zero-order valence-electron chi connectivity index (χ0n) is 16.1. The highest BCUT2D eigenvalue weighted by atomic mass is 32.2. The van der Waals surface area contributed by atoms with Crippen molar-refractivity contribution in [2.75, 3.05) is 5.75 Å². The highest BCUT2D eigenvalue weighted by Gasteiger charge is 2.14. The van der Waals surface area contributed by atoms with Crippen LogP contribution in [-0.2, 0) is 5.75 Å². The molecule has 1 aliphatic carbocycles. The topological polar surface area (TPSA) is 12.4 Å². The molecule has 2 aromatic rings. The van der Waals surface area contributed by atoms with E-state index in [0.717, 1.165) is 22.4 Å². The quantitative estimate of drug-likeness (QED) is 0.350. The number of hydrogen-bond donors (Lipinski definition) is 0. The van der Waals surface area contributed by atoms with Crippen LogP contribution in [0.4, 0.5) is 5.69 Å². The molecule has 3 rings (SSSR count). The minimum atomic E-state index is 0.859. The molecule has 1 aliphatic rings. The minimum absolute atomic E-state index is 0.859. The average Bonchev–Trinajstić information content (AvgIpc) is 2.72. The van der Waals surface area contributed by atoms with Crippen LogP contribution in [0.15, 0.2) is 71.1 Å². The molecule has 2 aromatic carbocycles. The van der Waals surface area contributed by atoms with Crippen LogP contribution < -0.4 is 0 Å². The monoisotopic (exact) mass is 395 g/mol. The fourth-order valence-electron chi connectivity index (χ4n) is 3.25. The number of nitrogens with zero attached hydrogens (tertiary/aromatic N) is 1. The van der Waals surface area contributed by atoms with Crippen LogP contribution in [0.25, 0.3) is 0 Å². The second-order valence-electron chi connectivity index (χ2n) is 7.20. The SMILES string of the molecule is Cc1ccc(N=C(C=CSCc2ccccc2)SCC2CCCCC2)cc1. The zero-order valence-corrected chi connectivity index (χ0v) is 17.8. The van der Waals surface area contributed by atoms with Crippen LogP contribution in [0.3, 0.4) is 0 Å². The molecule has 1 nitrogen and oxygen atoms in total. The molecule has 1 fully saturated rings. The van der Waals surface area contributed by atoms with Gasteiger partial charge in [-0.25, -0.2) is 4.99 Å². The van der Waals surface area contributed by atoms with Crippen molar-refractivity contribution in [2.45, 2.75) is 44.8 Å². The van der Waals surface area contributed by atoms with Crippen molar-refractivity contribution in [2.24, 2.45) is 10.9 Å². The Morgan fingerprint density at radius 3 is 2.48 bits per heavy atom. The van der Waals surface area contributed by atoms with Gasteiger partial charge < -0.3 is 0 Å². The van der Waals surface area contributed by atoms with E-state index < -0.39 is 0 Å². The molecule has 0 aromatic heterocycles. The first-order valence-electron chi connectivity index (χ1n) is 9.90. The van der Waals surface area contributed by atoms with E-state index in [0.29, 0.717) is 0 Å². The number of thioether (sulfide) groups is 2. The van der Waals surface area contributed by atoms with Gasteiger partial charge in [0, 0.05) is 11.5 Å². The standard InChI is InChI=1S/C24H29NS2/c1-20-12-14-23(15-13-20)25-24(27-19-22-10-6-3-7-11-22)16-17-26-18-21-8-4-2-5-9-21/h2,4-5,8-9,12-17,22H,3,6-7,10-11,18-19H2,1H3. The Labute approximate surface area is 172 Å². The molecule has 0 saturated heterocycles. The van der Waals surface area contributed by atoms with Crippen molar-refractivity contribution in [3.8, 4) is 0 Å². The van der Waals surface area contributed by atoms with Gasteiger partial charge in [0.25, 0.3) is 0 Å². The van der Waals surface area contributed by atoms with Gasteiger partial charge in [0.05, 0.1) is 10.7 Å². The Bertz CT molecular complexity index is 729.